The van der Waals surface area contributed by atoms with Crippen molar-refractivity contribution >= 4 is 35.6 Å². The number of imide groups is 2. The van der Waals surface area contributed by atoms with Gasteiger partial charge in [0, 0.05) is 37.7 Å². The summed E-state index contributed by atoms with van der Waals surface area (Å²) in [4.78, 5) is 50.1. The topological polar surface area (TPSA) is 139 Å². The van der Waals surface area contributed by atoms with Gasteiger partial charge in [0.2, 0.25) is 5.91 Å². The molecule has 0 aliphatic heterocycles. The van der Waals surface area contributed by atoms with Crippen LogP contribution in [0, 0.1) is 11.8 Å². The lowest BCUT2D eigenvalue weighted by Gasteiger charge is -2.21. The molecule has 0 fully saturated rings. The molecule has 6 amide bonds. The Bertz CT molecular complexity index is 803. The maximum Gasteiger partial charge on any atom is 0.348 e. The number of urea groups is 2. The maximum atomic E-state index is 12.8. The average molecular weight is 483 g/mol. The lowest BCUT2D eigenvalue weighted by molar-refractivity contribution is -0.157. The van der Waals surface area contributed by atoms with Crippen LogP contribution in [0.3, 0.4) is 0 Å². The van der Waals surface area contributed by atoms with Gasteiger partial charge in [-0.1, -0.05) is 20.3 Å². The molecule has 1 rings (SSSR count). The SMILES string of the molecule is CNC(=O)N(C)C(=O)CCCNC(=O)N(O)C(=O)[C@H](CCC(C)C)CSc1ccc(O)cc1. The number of hydrogen-bond donors (Lipinski definition) is 4. The van der Waals surface area contributed by atoms with E-state index in [1.165, 1.54) is 25.9 Å². The highest BCUT2D eigenvalue weighted by atomic mass is 32.2. The number of carbonyl (C=O) groups excluding carboxylic acids is 4. The van der Waals surface area contributed by atoms with Crippen LogP contribution in [0.2, 0.25) is 0 Å². The van der Waals surface area contributed by atoms with Gasteiger partial charge in [0.1, 0.15) is 5.75 Å². The molecule has 1 atom stereocenters. The molecule has 1 aromatic rings. The standard InChI is InChI=1S/C22H34N4O6S/c1-15(2)7-8-16(14-33-18-11-9-17(27)10-12-18)20(29)26(32)22(31)24-13-5-6-19(28)25(4)21(30)23-3/h9-12,15-16,27,32H,5-8,13-14H2,1-4H3,(H,23,30)(H,24,31)/t16-/m1/s1. The van der Waals surface area contributed by atoms with Crippen molar-refractivity contribution in [2.45, 2.75) is 44.4 Å². The summed E-state index contributed by atoms with van der Waals surface area (Å²) in [6.07, 6.45) is 1.51. The van der Waals surface area contributed by atoms with Gasteiger partial charge in [0.05, 0.1) is 5.92 Å². The first-order chi connectivity index (χ1) is 15.6. The first kappa shape index (κ1) is 28.2. The van der Waals surface area contributed by atoms with E-state index in [2.05, 4.69) is 10.6 Å². The molecule has 0 spiro atoms. The Morgan fingerprint density at radius 2 is 1.70 bits per heavy atom. The minimum atomic E-state index is -0.962. The fourth-order valence-corrected chi connectivity index (χ4v) is 3.81. The summed E-state index contributed by atoms with van der Waals surface area (Å²) in [7, 11) is 2.76. The molecule has 0 unspecified atom stereocenters. The van der Waals surface area contributed by atoms with Crippen LogP contribution in [0.1, 0.15) is 39.5 Å². The summed E-state index contributed by atoms with van der Waals surface area (Å²) in [5.74, 6) is -0.835. The Morgan fingerprint density at radius 1 is 1.06 bits per heavy atom. The number of benzene rings is 1. The molecule has 11 heteroatoms. The van der Waals surface area contributed by atoms with Gasteiger partial charge in [-0.15, -0.1) is 16.8 Å². The second-order valence-electron chi connectivity index (χ2n) is 7.97. The maximum absolute atomic E-state index is 12.8. The van der Waals surface area contributed by atoms with Gasteiger partial charge < -0.3 is 15.7 Å². The predicted molar refractivity (Wildman–Crippen MR) is 125 cm³/mol. The minimum absolute atomic E-state index is 0.0177. The summed E-state index contributed by atoms with van der Waals surface area (Å²) in [5.41, 5.74) is 0. The molecule has 1 aromatic carbocycles. The molecule has 0 radical (unpaired) electrons. The highest BCUT2D eigenvalue weighted by Gasteiger charge is 2.28. The van der Waals surface area contributed by atoms with Crippen molar-refractivity contribution in [1.82, 2.24) is 20.6 Å². The van der Waals surface area contributed by atoms with E-state index >= 15 is 0 Å². The highest BCUT2D eigenvalue weighted by molar-refractivity contribution is 7.99. The lowest BCUT2D eigenvalue weighted by Crippen LogP contribution is -2.45. The summed E-state index contributed by atoms with van der Waals surface area (Å²) in [6, 6.07) is 5.07. The minimum Gasteiger partial charge on any atom is -0.508 e. The third-order valence-electron chi connectivity index (χ3n) is 4.87. The number of phenols is 1. The molecule has 0 aromatic heterocycles. The van der Waals surface area contributed by atoms with Gasteiger partial charge in [-0.05, 0) is 43.0 Å². The van der Waals surface area contributed by atoms with Gasteiger partial charge in [-0.2, -0.15) is 0 Å². The molecule has 0 heterocycles. The number of nitrogens with zero attached hydrogens (tertiary/aromatic N) is 2. The zero-order valence-corrected chi connectivity index (χ0v) is 20.4. The number of hydroxylamine groups is 2. The Kier molecular flexibility index (Phi) is 12.3. The van der Waals surface area contributed by atoms with Gasteiger partial charge in [-0.25, -0.2) is 9.59 Å². The van der Waals surface area contributed by atoms with E-state index in [0.29, 0.717) is 18.1 Å². The van der Waals surface area contributed by atoms with E-state index in [9.17, 15) is 29.5 Å². The molecule has 0 aliphatic rings. The Balaban J connectivity index is 2.59. The molecule has 0 aliphatic carbocycles. The summed E-state index contributed by atoms with van der Waals surface area (Å²) in [6.45, 7) is 4.11. The fraction of sp³-hybridized carbons (Fsp3) is 0.545. The van der Waals surface area contributed by atoms with Crippen LogP contribution in [0.15, 0.2) is 29.2 Å². The molecular weight excluding hydrogens is 448 g/mol. The number of thioether (sulfide) groups is 1. The first-order valence-corrected chi connectivity index (χ1v) is 11.8. The largest absolute Gasteiger partial charge is 0.508 e. The number of nitrogens with one attached hydrogen (secondary N) is 2. The monoisotopic (exact) mass is 482 g/mol. The quantitative estimate of drug-likeness (QED) is 0.164. The molecule has 10 nitrogen and oxygen atoms in total. The fourth-order valence-electron chi connectivity index (χ4n) is 2.78. The van der Waals surface area contributed by atoms with E-state index in [-0.39, 0.29) is 30.2 Å². The normalized spacial score (nSPS) is 11.6. The first-order valence-electron chi connectivity index (χ1n) is 10.8. The van der Waals surface area contributed by atoms with E-state index in [1.807, 2.05) is 13.8 Å². The third kappa shape index (κ3) is 10.1. The van der Waals surface area contributed by atoms with Gasteiger partial charge >= 0.3 is 12.1 Å². The molecule has 0 bridgehead atoms. The zero-order chi connectivity index (χ0) is 25.0. The number of rotatable bonds is 11. The second kappa shape index (κ2) is 14.4. The Labute approximate surface area is 198 Å². The van der Waals surface area contributed by atoms with Crippen molar-refractivity contribution in [2.24, 2.45) is 11.8 Å². The van der Waals surface area contributed by atoms with Crippen molar-refractivity contribution in [3.63, 3.8) is 0 Å². The highest BCUT2D eigenvalue weighted by Crippen LogP contribution is 2.26. The number of hydrogen-bond acceptors (Lipinski definition) is 7. The van der Waals surface area contributed by atoms with E-state index in [0.717, 1.165) is 16.2 Å². The van der Waals surface area contributed by atoms with E-state index in [1.54, 1.807) is 24.3 Å². The third-order valence-corrected chi connectivity index (χ3v) is 6.04. The zero-order valence-electron chi connectivity index (χ0n) is 19.5. The van der Waals surface area contributed by atoms with Crippen molar-refractivity contribution in [3.8, 4) is 5.75 Å². The van der Waals surface area contributed by atoms with Crippen LogP contribution in [-0.2, 0) is 9.59 Å². The number of amides is 6. The average Bonchev–Trinajstić information content (AvgIpc) is 2.80. The van der Waals surface area contributed by atoms with Crippen molar-refractivity contribution in [2.75, 3.05) is 26.4 Å². The molecule has 0 saturated carbocycles. The van der Waals surface area contributed by atoms with Gasteiger partial charge in [-0.3, -0.25) is 19.7 Å². The summed E-state index contributed by atoms with van der Waals surface area (Å²) >= 11 is 1.40. The predicted octanol–water partition coefficient (Wildman–Crippen LogP) is 3.04. The smallest absolute Gasteiger partial charge is 0.348 e. The van der Waals surface area contributed by atoms with Crippen LogP contribution in [0.25, 0.3) is 0 Å². The summed E-state index contributed by atoms with van der Waals surface area (Å²) in [5, 5.41) is 24.4. The molecule has 4 N–H and O–H groups in total. The van der Waals surface area contributed by atoms with Crippen molar-refractivity contribution < 1.29 is 29.5 Å². The number of aromatic hydroxyl groups is 1. The lowest BCUT2D eigenvalue weighted by atomic mass is 9.98. The van der Waals surface area contributed by atoms with Gasteiger partial charge in [0.15, 0.2) is 0 Å². The molecule has 0 saturated heterocycles. The number of phenolic OH excluding ortho intramolecular Hbond substituents is 1. The van der Waals surface area contributed by atoms with Crippen molar-refractivity contribution in [1.29, 1.82) is 0 Å². The second-order valence-corrected chi connectivity index (χ2v) is 9.06. The van der Waals surface area contributed by atoms with E-state index in [4.69, 9.17) is 0 Å². The Morgan fingerprint density at radius 3 is 2.27 bits per heavy atom. The molecule has 33 heavy (non-hydrogen) atoms. The van der Waals surface area contributed by atoms with Crippen LogP contribution in [0.4, 0.5) is 9.59 Å². The summed E-state index contributed by atoms with van der Waals surface area (Å²) < 4.78 is 0. The molecule has 184 valence electrons. The molecular formula is C22H34N4O6S. The Hall–Kier alpha value is -2.79. The van der Waals surface area contributed by atoms with E-state index < -0.39 is 29.8 Å². The van der Waals surface area contributed by atoms with Crippen LogP contribution >= 0.6 is 11.8 Å². The van der Waals surface area contributed by atoms with Crippen LogP contribution < -0.4 is 10.6 Å². The van der Waals surface area contributed by atoms with Gasteiger partial charge in [0.25, 0.3) is 5.91 Å². The van der Waals surface area contributed by atoms with Crippen LogP contribution in [0.5, 0.6) is 5.75 Å². The van der Waals surface area contributed by atoms with Crippen LogP contribution in [-0.4, -0.2) is 70.5 Å². The van der Waals surface area contributed by atoms with Crippen molar-refractivity contribution in [3.05, 3.63) is 24.3 Å². The number of carbonyl (C=O) groups is 4.